The van der Waals surface area contributed by atoms with Gasteiger partial charge in [0.05, 0.1) is 5.75 Å². The summed E-state index contributed by atoms with van der Waals surface area (Å²) < 4.78 is 23.9. The van der Waals surface area contributed by atoms with Gasteiger partial charge < -0.3 is 5.73 Å². The number of aromatic nitrogens is 3. The van der Waals surface area contributed by atoms with E-state index in [0.717, 1.165) is 12.8 Å². The Balaban J connectivity index is 2.42. The molecule has 0 aromatic carbocycles. The second-order valence-electron chi connectivity index (χ2n) is 3.89. The largest absolute Gasteiger partial charge is 0.368 e. The molecule has 17 heavy (non-hydrogen) atoms. The van der Waals surface area contributed by atoms with E-state index >= 15 is 0 Å². The minimum atomic E-state index is -3.14. The average molecular weight is 274 g/mol. The first kappa shape index (κ1) is 12.6. The summed E-state index contributed by atoms with van der Waals surface area (Å²) in [6, 6.07) is 0. The fourth-order valence-corrected chi connectivity index (χ4v) is 4.08. The molecule has 1 aliphatic heterocycles. The van der Waals surface area contributed by atoms with Crippen molar-refractivity contribution in [1.29, 1.82) is 0 Å². The molecule has 94 valence electrons. The van der Waals surface area contributed by atoms with E-state index in [2.05, 4.69) is 15.0 Å². The topological polar surface area (TPSA) is 98.8 Å². The molecule has 0 radical (unpaired) electrons. The third kappa shape index (κ3) is 2.68. The normalized spacial score (nSPS) is 23.5. The summed E-state index contributed by atoms with van der Waals surface area (Å²) >= 11 is 1.32. The van der Waals surface area contributed by atoms with E-state index in [-0.39, 0.29) is 11.7 Å². The Morgan fingerprint density at radius 2 is 2.06 bits per heavy atom. The third-order valence-corrected chi connectivity index (χ3v) is 5.42. The second kappa shape index (κ2) is 4.77. The highest BCUT2D eigenvalue weighted by atomic mass is 32.2. The Morgan fingerprint density at radius 3 is 2.71 bits per heavy atom. The molecule has 0 saturated carbocycles. The number of sulfone groups is 1. The molecule has 2 heterocycles. The SMILES string of the molecule is CSc1nc(N)nc(C2CCCCS2(=O)=O)n1. The van der Waals surface area contributed by atoms with E-state index in [4.69, 9.17) is 5.73 Å². The van der Waals surface area contributed by atoms with Crippen LogP contribution in [-0.4, -0.2) is 35.4 Å². The molecule has 1 atom stereocenters. The number of nitrogens with two attached hydrogens (primary N) is 1. The molecule has 2 rings (SSSR count). The van der Waals surface area contributed by atoms with Gasteiger partial charge in [0.25, 0.3) is 0 Å². The quantitative estimate of drug-likeness (QED) is 0.797. The Kier molecular flexibility index (Phi) is 3.53. The predicted octanol–water partition coefficient (Wildman–Crippen LogP) is 0.815. The van der Waals surface area contributed by atoms with Crippen molar-refractivity contribution in [2.75, 3.05) is 17.7 Å². The van der Waals surface area contributed by atoms with Crippen molar-refractivity contribution >= 4 is 27.5 Å². The lowest BCUT2D eigenvalue weighted by atomic mass is 10.2. The molecule has 1 aromatic rings. The molecule has 0 spiro atoms. The van der Waals surface area contributed by atoms with E-state index < -0.39 is 15.1 Å². The minimum absolute atomic E-state index is 0.0834. The summed E-state index contributed by atoms with van der Waals surface area (Å²) in [7, 11) is -3.14. The Labute approximate surface area is 104 Å². The van der Waals surface area contributed by atoms with Crippen molar-refractivity contribution < 1.29 is 8.42 Å². The highest BCUT2D eigenvalue weighted by Crippen LogP contribution is 2.31. The monoisotopic (exact) mass is 274 g/mol. The summed E-state index contributed by atoms with van der Waals surface area (Å²) in [6.07, 6.45) is 3.98. The lowest BCUT2D eigenvalue weighted by Crippen LogP contribution is -2.24. The van der Waals surface area contributed by atoms with Crippen LogP contribution in [0, 0.1) is 0 Å². The van der Waals surface area contributed by atoms with Gasteiger partial charge in [0.15, 0.2) is 20.8 Å². The maximum Gasteiger partial charge on any atom is 0.224 e. The smallest absolute Gasteiger partial charge is 0.224 e. The number of nitrogens with zero attached hydrogens (tertiary/aromatic N) is 3. The maximum absolute atomic E-state index is 11.9. The van der Waals surface area contributed by atoms with E-state index in [0.29, 0.717) is 17.4 Å². The Hall–Kier alpha value is -0.890. The first-order valence-corrected chi connectivity index (χ1v) is 8.24. The number of hydrogen-bond acceptors (Lipinski definition) is 7. The number of thioether (sulfide) groups is 1. The van der Waals surface area contributed by atoms with Gasteiger partial charge in [0.2, 0.25) is 5.95 Å². The molecule has 6 nitrogen and oxygen atoms in total. The number of anilines is 1. The summed E-state index contributed by atoms with van der Waals surface area (Å²) in [5.74, 6) is 0.583. The molecule has 1 saturated heterocycles. The zero-order chi connectivity index (χ0) is 12.5. The van der Waals surface area contributed by atoms with E-state index in [1.807, 2.05) is 6.26 Å². The van der Waals surface area contributed by atoms with Crippen molar-refractivity contribution in [3.63, 3.8) is 0 Å². The molecule has 0 amide bonds. The zero-order valence-electron chi connectivity index (χ0n) is 9.46. The summed E-state index contributed by atoms with van der Waals surface area (Å²) in [4.78, 5) is 12.0. The van der Waals surface area contributed by atoms with Gasteiger partial charge in [-0.2, -0.15) is 9.97 Å². The first-order chi connectivity index (χ1) is 8.03. The van der Waals surface area contributed by atoms with E-state index in [1.165, 1.54) is 11.8 Å². The van der Waals surface area contributed by atoms with Crippen molar-refractivity contribution in [3.8, 4) is 0 Å². The van der Waals surface area contributed by atoms with Gasteiger partial charge in [-0.1, -0.05) is 18.2 Å². The molecule has 2 N–H and O–H groups in total. The van der Waals surface area contributed by atoms with Crippen LogP contribution in [0.1, 0.15) is 30.3 Å². The highest BCUT2D eigenvalue weighted by Gasteiger charge is 2.33. The van der Waals surface area contributed by atoms with Crippen molar-refractivity contribution in [3.05, 3.63) is 5.82 Å². The standard InChI is InChI=1S/C9H14N4O2S2/c1-16-9-12-7(11-8(10)13-9)6-4-2-3-5-17(6,14)15/h6H,2-5H2,1H3,(H2,10,11,12,13). The van der Waals surface area contributed by atoms with E-state index in [9.17, 15) is 8.42 Å². The van der Waals surface area contributed by atoms with Crippen LogP contribution in [0.3, 0.4) is 0 Å². The molecule has 1 fully saturated rings. The fourth-order valence-electron chi connectivity index (χ4n) is 1.87. The predicted molar refractivity (Wildman–Crippen MR) is 66.4 cm³/mol. The van der Waals surface area contributed by atoms with Gasteiger partial charge in [-0.25, -0.2) is 13.4 Å². The Bertz CT molecular complexity index is 518. The molecule has 0 bridgehead atoms. The molecule has 1 unspecified atom stereocenters. The van der Waals surface area contributed by atoms with Gasteiger partial charge in [0, 0.05) is 0 Å². The first-order valence-electron chi connectivity index (χ1n) is 5.30. The number of nitrogen functional groups attached to an aromatic ring is 1. The molecule has 8 heteroatoms. The lowest BCUT2D eigenvalue weighted by Gasteiger charge is -2.20. The van der Waals surface area contributed by atoms with Crippen LogP contribution in [-0.2, 0) is 9.84 Å². The van der Waals surface area contributed by atoms with Gasteiger partial charge >= 0.3 is 0 Å². The highest BCUT2D eigenvalue weighted by molar-refractivity contribution is 7.98. The minimum Gasteiger partial charge on any atom is -0.368 e. The van der Waals surface area contributed by atoms with Gasteiger partial charge in [-0.15, -0.1) is 0 Å². The average Bonchev–Trinajstić information content (AvgIpc) is 2.27. The molecule has 0 aliphatic carbocycles. The zero-order valence-corrected chi connectivity index (χ0v) is 11.1. The number of hydrogen-bond donors (Lipinski definition) is 1. The number of rotatable bonds is 2. The van der Waals surface area contributed by atoms with Crippen LogP contribution >= 0.6 is 11.8 Å². The molecule has 1 aliphatic rings. The lowest BCUT2D eigenvalue weighted by molar-refractivity contribution is 0.536. The Morgan fingerprint density at radius 1 is 1.29 bits per heavy atom. The van der Waals surface area contributed by atoms with Crippen LogP contribution < -0.4 is 5.73 Å². The van der Waals surface area contributed by atoms with E-state index in [1.54, 1.807) is 0 Å². The van der Waals surface area contributed by atoms with Crippen molar-refractivity contribution in [1.82, 2.24) is 15.0 Å². The summed E-state index contributed by atoms with van der Waals surface area (Å²) in [5.41, 5.74) is 5.56. The van der Waals surface area contributed by atoms with Crippen molar-refractivity contribution in [2.45, 2.75) is 29.7 Å². The van der Waals surface area contributed by atoms with Crippen molar-refractivity contribution in [2.24, 2.45) is 0 Å². The van der Waals surface area contributed by atoms with Gasteiger partial charge in [0.1, 0.15) is 5.25 Å². The van der Waals surface area contributed by atoms with Gasteiger partial charge in [-0.05, 0) is 19.1 Å². The molecule has 1 aromatic heterocycles. The summed E-state index contributed by atoms with van der Waals surface area (Å²) in [5, 5.41) is -0.152. The van der Waals surface area contributed by atoms with Crippen LogP contribution in [0.2, 0.25) is 0 Å². The molecular weight excluding hydrogens is 260 g/mol. The van der Waals surface area contributed by atoms with Crippen LogP contribution in [0.5, 0.6) is 0 Å². The van der Waals surface area contributed by atoms with Crippen LogP contribution in [0.15, 0.2) is 5.16 Å². The molecular formula is C9H14N4O2S2. The third-order valence-electron chi connectivity index (χ3n) is 2.70. The second-order valence-corrected chi connectivity index (χ2v) is 6.97. The maximum atomic E-state index is 11.9. The fraction of sp³-hybridized carbons (Fsp3) is 0.667. The van der Waals surface area contributed by atoms with Crippen LogP contribution in [0.25, 0.3) is 0 Å². The summed E-state index contributed by atoms with van der Waals surface area (Å²) in [6.45, 7) is 0. The van der Waals surface area contributed by atoms with Gasteiger partial charge in [-0.3, -0.25) is 0 Å². The van der Waals surface area contributed by atoms with Crippen LogP contribution in [0.4, 0.5) is 5.95 Å².